The van der Waals surface area contributed by atoms with Gasteiger partial charge in [0.1, 0.15) is 17.1 Å². The van der Waals surface area contributed by atoms with E-state index >= 15 is 0 Å². The molecule has 9 heterocycles. The van der Waals surface area contributed by atoms with Crippen molar-refractivity contribution in [3.05, 3.63) is 441 Å². The maximum Gasteiger partial charge on any atom is 0.381 e. The third-order valence-corrected chi connectivity index (χ3v) is 21.3. The number of benzene rings is 11. The van der Waals surface area contributed by atoms with Crippen LogP contribution in [0.4, 0.5) is 18.9 Å². The molecule has 0 saturated carbocycles. The predicted molar refractivity (Wildman–Crippen MR) is 525 cm³/mol. The van der Waals surface area contributed by atoms with E-state index in [4.69, 9.17) is 29.1 Å². The fraction of sp³-hybridized carbons (Fsp3) is 0.0991. The summed E-state index contributed by atoms with van der Waals surface area (Å²) in [6.45, 7) is 15.1. The van der Waals surface area contributed by atoms with Crippen molar-refractivity contribution in [2.75, 3.05) is 11.9 Å². The Morgan fingerprint density at radius 3 is 1.55 bits per heavy atom. The molecule has 0 atom stereocenters. The number of halogens is 3. The number of thiophene rings is 1. The number of carbonyl (C=O) groups excluding carboxylic acids is 3. The van der Waals surface area contributed by atoms with E-state index in [-0.39, 0.29) is 182 Å². The number of aromatic nitrogens is 7. The summed E-state index contributed by atoms with van der Waals surface area (Å²) in [5.41, 5.74) is 17.3. The molecule has 0 spiro atoms. The van der Waals surface area contributed by atoms with Gasteiger partial charge in [-0.25, -0.2) is 11.3 Å². The van der Waals surface area contributed by atoms with E-state index in [2.05, 4.69) is 172 Å². The molecule has 19 aromatic rings. The first-order valence-electron chi connectivity index (χ1n) is 41.7. The maximum atomic E-state index is 12.3. The summed E-state index contributed by atoms with van der Waals surface area (Å²) in [4.78, 5) is 56.7. The Balaban J connectivity index is 0.000000278. The van der Waals surface area contributed by atoms with E-state index in [0.717, 1.165) is 100 Å². The third kappa shape index (κ3) is 34.8. The molecule has 0 amide bonds. The van der Waals surface area contributed by atoms with E-state index in [0.29, 0.717) is 17.1 Å². The average molecular weight is 3150 g/mol. The van der Waals surface area contributed by atoms with Crippen LogP contribution in [-0.4, -0.2) is 79.3 Å². The van der Waals surface area contributed by atoms with Crippen LogP contribution >= 0.6 is 22.7 Å². The summed E-state index contributed by atoms with van der Waals surface area (Å²) in [5, 5.41) is 37.1. The second-order valence-electron chi connectivity index (χ2n) is 30.1. The summed E-state index contributed by atoms with van der Waals surface area (Å²) in [6.07, 6.45) is 12.1. The number of allylic oxidation sites excluding steroid dienone is 6. The third-order valence-electron chi connectivity index (χ3n) is 19.4. The predicted octanol–water partition coefficient (Wildman–Crippen LogP) is 27.7. The van der Waals surface area contributed by atoms with Crippen LogP contribution in [0.15, 0.2) is 384 Å². The number of hydrogen-bond acceptors (Lipinski definition) is 18. The van der Waals surface area contributed by atoms with Gasteiger partial charge in [-0.2, -0.15) is 78.7 Å². The molecule has 6 radical (unpaired) electrons. The number of thiazole rings is 1. The van der Waals surface area contributed by atoms with Crippen molar-refractivity contribution in [1.82, 2.24) is 39.6 Å². The number of para-hydroxylation sites is 4. The molecule has 140 heavy (non-hydrogen) atoms. The van der Waals surface area contributed by atoms with Crippen molar-refractivity contribution in [2.45, 2.75) is 67.0 Å². The van der Waals surface area contributed by atoms with E-state index < -0.39 is 11.7 Å². The molecule has 1 aliphatic heterocycles. The van der Waals surface area contributed by atoms with Crippen molar-refractivity contribution in [3.63, 3.8) is 0 Å². The molecule has 2 aliphatic rings. The summed E-state index contributed by atoms with van der Waals surface area (Å²) < 4.78 is 51.5. The van der Waals surface area contributed by atoms with Crippen molar-refractivity contribution < 1.29 is 193 Å². The van der Waals surface area contributed by atoms with Crippen LogP contribution in [0.25, 0.3) is 126 Å². The number of pyridine rings is 3. The van der Waals surface area contributed by atoms with Gasteiger partial charge >= 0.3 is 6.18 Å². The molecule has 0 bridgehead atoms. The van der Waals surface area contributed by atoms with Crippen molar-refractivity contribution in [1.29, 1.82) is 0 Å². The number of aliphatic hydroxyl groups excluding tert-OH is 3. The molecule has 3 N–H and O–H groups in total. The smallest absolute Gasteiger partial charge is 0.381 e. The van der Waals surface area contributed by atoms with Gasteiger partial charge in [-0.3, -0.25) is 29.0 Å². The summed E-state index contributed by atoms with van der Waals surface area (Å²) in [6, 6.07) is 115. The topological polar surface area (TPSA) is 227 Å². The van der Waals surface area contributed by atoms with Crippen molar-refractivity contribution >= 4 is 99.7 Å². The molecular weight excluding hydrogens is 3060 g/mol. The number of aliphatic hydroxyl groups is 3. The van der Waals surface area contributed by atoms with Gasteiger partial charge in [0.15, 0.2) is 17.3 Å². The summed E-state index contributed by atoms with van der Waals surface area (Å²) in [5.74, 6) is 0.435. The number of hydrogen-bond donors (Lipinski definition) is 3. The Kier molecular flexibility index (Phi) is 50.4. The minimum atomic E-state index is -4.32. The Hall–Kier alpha value is -11.5. The Morgan fingerprint density at radius 1 is 0.471 bits per heavy atom. The number of carbonyl (C=O) groups is 3. The Morgan fingerprint density at radius 2 is 1.02 bits per heavy atom. The maximum absolute atomic E-state index is 12.3. The Labute approximate surface area is 915 Å². The first-order valence-corrected chi connectivity index (χ1v) is 43.4. The van der Waals surface area contributed by atoms with Crippen LogP contribution in [-0.2, 0) is 168 Å². The summed E-state index contributed by atoms with van der Waals surface area (Å²) >= 11 is 3.38. The van der Waals surface area contributed by atoms with E-state index in [1.807, 2.05) is 216 Å². The zero-order valence-electron chi connectivity index (χ0n) is 76.3. The van der Waals surface area contributed by atoms with E-state index in [1.165, 1.54) is 104 Å². The molecule has 0 unspecified atom stereocenters. The number of furan rings is 1. The molecular formula is C111H90F3Ir6N9O8PtS2-8. The number of oxazole rings is 1. The zero-order chi connectivity index (χ0) is 94.2. The fourth-order valence-electron chi connectivity index (χ4n) is 13.6. The SMILES string of the molecule is CC(=O)C=C(C)O.CC(=O)C=C(C)O.CC(=O)C=C(C)O.CC1(C)c2ccccc2-c2c[c-]c(-n3cccn3)cc21.CN1C=CN(c2[c-]ccc3c2oc2ccccc23)[CH-]1.FC(F)(F)c1c[c-]c(-c2ccccn2)cc1.[Ir].[Ir].[Ir].[Ir].[Ir].[Ir].[Pt].[c-]1ccc2ccccc2c1-c1nc2ccccc2s1.[c-]1ccccc1-c1ccccn1.[c-]1ccccc1-c1nc2ccccc2o1.[c-]1ccsc1-c1ccccn1. The van der Waals surface area contributed by atoms with Gasteiger partial charge in [0, 0.05) is 212 Å². The quantitative estimate of drug-likeness (QED) is 0.0657. The molecule has 29 heteroatoms. The second-order valence-corrected chi connectivity index (χ2v) is 32.1. The van der Waals surface area contributed by atoms with Crippen molar-refractivity contribution in [2.24, 2.45) is 0 Å². The minimum Gasteiger partial charge on any atom is -0.514 e. The molecule has 0 saturated heterocycles. The van der Waals surface area contributed by atoms with Gasteiger partial charge < -0.3 is 48.9 Å². The number of rotatable bonds is 10. The average Bonchev–Trinajstić information content (AvgIpc) is 1.58. The molecule has 21 rings (SSSR count). The monoisotopic (exact) mass is 3150 g/mol. The van der Waals surface area contributed by atoms with Crippen LogP contribution < -0.4 is 4.90 Å². The largest absolute Gasteiger partial charge is 0.514 e. The minimum absolute atomic E-state index is 0. The number of ketones is 3. The van der Waals surface area contributed by atoms with Crippen LogP contribution in [0, 0.1) is 49.1 Å². The normalized spacial score (nSPS) is 11.4. The molecule has 11 aromatic carbocycles. The van der Waals surface area contributed by atoms with Gasteiger partial charge in [-0.15, -0.1) is 148 Å². The first-order chi connectivity index (χ1) is 64.2. The van der Waals surface area contributed by atoms with E-state index in [9.17, 15) is 27.6 Å². The Bertz CT molecular complexity index is 6990. The molecule has 1 aliphatic carbocycles. The van der Waals surface area contributed by atoms with Crippen LogP contribution in [0.3, 0.4) is 0 Å². The molecule has 0 fully saturated rings. The zero-order valence-corrected chi connectivity index (χ0v) is 94.6. The van der Waals surface area contributed by atoms with Gasteiger partial charge in [0.2, 0.25) is 0 Å². The number of fused-ring (bicyclic) bond motifs is 9. The van der Waals surface area contributed by atoms with E-state index in [1.54, 1.807) is 65.7 Å². The summed E-state index contributed by atoms with van der Waals surface area (Å²) in [7, 11) is 2.00. The second kappa shape index (κ2) is 59.3. The molecule has 17 nitrogen and oxygen atoms in total. The van der Waals surface area contributed by atoms with Gasteiger partial charge in [0.05, 0.1) is 28.3 Å². The van der Waals surface area contributed by atoms with Crippen LogP contribution in [0.1, 0.15) is 72.1 Å². The van der Waals surface area contributed by atoms with Crippen LogP contribution in [0.5, 0.6) is 0 Å². The number of nitrogens with zero attached hydrogens (tertiary/aromatic N) is 9. The number of alkyl halides is 3. The first kappa shape index (κ1) is 119. The fourth-order valence-corrected chi connectivity index (χ4v) is 15.2. The van der Waals surface area contributed by atoms with Gasteiger partial charge in [0.25, 0.3) is 0 Å². The van der Waals surface area contributed by atoms with Gasteiger partial charge in [-0.1, -0.05) is 174 Å². The van der Waals surface area contributed by atoms with Crippen molar-refractivity contribution in [3.8, 4) is 71.9 Å². The standard InChI is InChI=1S/C18H15N2.C17H10NS.C16H12N2O.C13H8NO.C12H7F3N.C11H8N.C9H6NS.3C5H8O2.6Ir.Pt/c1-18(2)16-7-4-3-6-14(16)15-9-8-13(12-17(15)18)20-11-5-10-19-20;1-2-8-13-12(6-1)7-5-9-14(13)17-18-15-10-3-4-11-16(15)19-17;1-17-9-10-18(11-17)14-7-4-6-13-12-5-2-3-8-15(12)19-16(13)14;1-2-6-10(7-3-1)13-14-11-8-4-5-9-12(11)15-13;13-12(14,15)10-6-4-9(5-7-10)11-3-1-2-8-16-11;1-2-6-10(7-3-1)11-8-4-5-9-12-11;1-2-6-10-8(4-1)9-5-3-7-11-9;3*1-4(6)3-5(2)7;;;;;;;/h3-7,9-12H,1-2H3;1-8,10-11H;2-6,8-11H,1H3;1-6,8-9H;1-4,6-8H;1-6,8-9H;1-4,6-7H;3*3,6H,1-2H3;;;;;;;/q2*-1;-2;4*-1;;;;;;;;;;. The number of anilines is 1. The van der Waals surface area contributed by atoms with Gasteiger partial charge in [-0.05, 0) is 155 Å². The molecule has 8 aromatic heterocycles. The van der Waals surface area contributed by atoms with Crippen LogP contribution in [0.2, 0.25) is 0 Å². The molecule has 732 valence electrons.